The molecule has 2 aliphatic heterocycles. The van der Waals surface area contributed by atoms with Gasteiger partial charge in [0.15, 0.2) is 11.5 Å². The fourth-order valence-electron chi connectivity index (χ4n) is 2.51. The number of hydrogen-bond donors (Lipinski definition) is 1. The van der Waals surface area contributed by atoms with E-state index in [4.69, 9.17) is 26.8 Å². The second-order valence-corrected chi connectivity index (χ2v) is 7.04. The highest BCUT2D eigenvalue weighted by Crippen LogP contribution is 2.37. The summed E-state index contributed by atoms with van der Waals surface area (Å²) in [5, 5.41) is 8.77. The van der Waals surface area contributed by atoms with Crippen molar-refractivity contribution < 1.29 is 24.2 Å². The lowest BCUT2D eigenvalue weighted by atomic mass is 10.1. The van der Waals surface area contributed by atoms with E-state index in [-0.39, 0.29) is 18.9 Å². The summed E-state index contributed by atoms with van der Waals surface area (Å²) in [6.07, 6.45) is 3.53. The Hall–Kier alpha value is -2.32. The summed E-state index contributed by atoms with van der Waals surface area (Å²) in [6.45, 7) is 0.388. The molecule has 0 saturated carbocycles. The number of fused-ring (bicyclic) bond motifs is 1. The van der Waals surface area contributed by atoms with Gasteiger partial charge in [-0.05, 0) is 23.8 Å². The molecule has 1 N–H and O–H groups in total. The molecule has 0 aliphatic carbocycles. The number of carbonyl (C=O) groups excluding carboxylic acids is 1. The first-order valence-corrected chi connectivity index (χ1v) is 8.69. The van der Waals surface area contributed by atoms with E-state index >= 15 is 0 Å². The Balaban J connectivity index is 1.81. The third-order valence-electron chi connectivity index (χ3n) is 3.69. The minimum absolute atomic E-state index is 0.0763. The van der Waals surface area contributed by atoms with Crippen molar-refractivity contribution in [3.8, 4) is 11.5 Å². The Bertz CT molecular complexity index is 815. The van der Waals surface area contributed by atoms with Gasteiger partial charge in [0.25, 0.3) is 5.91 Å². The lowest BCUT2D eigenvalue weighted by molar-refractivity contribution is -0.137. The second-order valence-electron chi connectivity index (χ2n) is 5.36. The van der Waals surface area contributed by atoms with Gasteiger partial charge >= 0.3 is 5.97 Å². The molecule has 0 unspecified atom stereocenters. The monoisotopic (exact) mass is 377 g/mol. The average Bonchev–Trinajstić information content (AvgIpc) is 2.85. The van der Waals surface area contributed by atoms with Gasteiger partial charge in [-0.2, -0.15) is 0 Å². The van der Waals surface area contributed by atoms with Crippen molar-refractivity contribution in [2.45, 2.75) is 6.42 Å². The Morgan fingerprint density at radius 3 is 3.04 bits per heavy atom. The molecule has 2 heterocycles. The molecule has 1 fully saturated rings. The average molecular weight is 377 g/mol. The molecular weight excluding hydrogens is 362 g/mol. The van der Waals surface area contributed by atoms with Gasteiger partial charge < -0.3 is 14.6 Å². The van der Waals surface area contributed by atoms with Crippen LogP contribution in [0.15, 0.2) is 34.8 Å². The number of benzene rings is 1. The summed E-state index contributed by atoms with van der Waals surface area (Å²) >= 11 is 6.35. The number of hydrogen-bond acceptors (Lipinski definition) is 6. The van der Waals surface area contributed by atoms with Crippen LogP contribution in [0.3, 0.4) is 0 Å². The molecule has 0 aromatic heterocycles. The van der Waals surface area contributed by atoms with Crippen LogP contribution in [0.1, 0.15) is 12.0 Å². The number of thiocarbonyl (C=S) groups is 1. The smallest absolute Gasteiger partial charge is 0.305 e. The Morgan fingerprint density at radius 2 is 2.32 bits per heavy atom. The number of aliphatic carboxylic acids is 1. The van der Waals surface area contributed by atoms with Gasteiger partial charge in [0.2, 0.25) is 0 Å². The summed E-state index contributed by atoms with van der Waals surface area (Å²) in [4.78, 5) is 24.9. The molecule has 0 radical (unpaired) electrons. The molecule has 130 valence electrons. The van der Waals surface area contributed by atoms with E-state index in [1.807, 2.05) is 24.3 Å². The minimum Gasteiger partial charge on any atom is -0.493 e. The van der Waals surface area contributed by atoms with Gasteiger partial charge in [-0.25, -0.2) is 0 Å². The number of thioether (sulfide) groups is 1. The van der Waals surface area contributed by atoms with Crippen molar-refractivity contribution in [3.05, 3.63) is 40.3 Å². The quantitative estimate of drug-likeness (QED) is 0.624. The second kappa shape index (κ2) is 7.28. The van der Waals surface area contributed by atoms with E-state index in [2.05, 4.69) is 0 Å². The van der Waals surface area contributed by atoms with E-state index in [1.165, 1.54) is 16.7 Å². The Morgan fingerprint density at radius 1 is 1.52 bits per heavy atom. The summed E-state index contributed by atoms with van der Waals surface area (Å²) in [6, 6.07) is 5.60. The molecule has 1 aromatic rings. The lowest BCUT2D eigenvalue weighted by Crippen LogP contribution is -2.30. The summed E-state index contributed by atoms with van der Waals surface area (Å²) in [7, 11) is 1.58. The molecule has 0 spiro atoms. The van der Waals surface area contributed by atoms with E-state index in [1.54, 1.807) is 13.2 Å². The molecule has 1 aromatic carbocycles. The number of amides is 1. The minimum atomic E-state index is -0.966. The zero-order valence-corrected chi connectivity index (χ0v) is 15.0. The molecule has 0 atom stereocenters. The standard InChI is InChI=1S/C17H15NO5S2/c1-22-12-4-2-3-11-7-10(9-23-15(11)12)8-13-16(21)18(17(24)25-13)6-5-14(19)20/h2-4,7-8H,5-6,9H2,1H3,(H,19,20)/b13-8-. The van der Waals surface area contributed by atoms with Crippen molar-refractivity contribution in [3.63, 3.8) is 0 Å². The fraction of sp³-hybridized carbons (Fsp3) is 0.235. The van der Waals surface area contributed by atoms with Gasteiger partial charge in [-0.15, -0.1) is 0 Å². The van der Waals surface area contributed by atoms with Gasteiger partial charge in [-0.3, -0.25) is 14.5 Å². The molecule has 25 heavy (non-hydrogen) atoms. The third kappa shape index (κ3) is 3.69. The van der Waals surface area contributed by atoms with Crippen molar-refractivity contribution in [1.29, 1.82) is 0 Å². The van der Waals surface area contributed by atoms with E-state index in [0.29, 0.717) is 27.3 Å². The first kappa shape index (κ1) is 17.5. The lowest BCUT2D eigenvalue weighted by Gasteiger charge is -2.18. The van der Waals surface area contributed by atoms with Crippen LogP contribution in [-0.2, 0) is 9.59 Å². The number of carboxylic acid groups (broad SMARTS) is 1. The maximum absolute atomic E-state index is 12.4. The first-order chi connectivity index (χ1) is 12.0. The van der Waals surface area contributed by atoms with Crippen molar-refractivity contribution in [2.24, 2.45) is 0 Å². The topological polar surface area (TPSA) is 76.1 Å². The fourth-order valence-corrected chi connectivity index (χ4v) is 3.83. The van der Waals surface area contributed by atoms with Crippen LogP contribution in [0.5, 0.6) is 11.5 Å². The Labute approximate surface area is 154 Å². The molecule has 3 rings (SSSR count). The number of methoxy groups -OCH3 is 1. The van der Waals surface area contributed by atoms with Gasteiger partial charge in [-0.1, -0.05) is 36.1 Å². The third-order valence-corrected chi connectivity index (χ3v) is 5.07. The van der Waals surface area contributed by atoms with Gasteiger partial charge in [0, 0.05) is 12.1 Å². The number of para-hydroxylation sites is 1. The molecule has 1 amide bonds. The van der Waals surface area contributed by atoms with E-state index in [0.717, 1.165) is 11.1 Å². The van der Waals surface area contributed by atoms with Gasteiger partial charge in [0.1, 0.15) is 10.9 Å². The number of ether oxygens (including phenoxy) is 2. The first-order valence-electron chi connectivity index (χ1n) is 7.47. The molecule has 2 aliphatic rings. The van der Waals surface area contributed by atoms with E-state index < -0.39 is 5.97 Å². The normalized spacial score (nSPS) is 18.0. The highest BCUT2D eigenvalue weighted by Gasteiger charge is 2.32. The molecule has 1 saturated heterocycles. The molecular formula is C17H15NO5S2. The van der Waals surface area contributed by atoms with Gasteiger partial charge in [0.05, 0.1) is 18.4 Å². The van der Waals surface area contributed by atoms with Crippen LogP contribution in [0.2, 0.25) is 0 Å². The van der Waals surface area contributed by atoms with E-state index in [9.17, 15) is 9.59 Å². The summed E-state index contributed by atoms with van der Waals surface area (Å²) < 4.78 is 11.4. The van der Waals surface area contributed by atoms with Crippen LogP contribution in [0.25, 0.3) is 6.08 Å². The number of nitrogens with zero attached hydrogens (tertiary/aromatic N) is 1. The highest BCUT2D eigenvalue weighted by atomic mass is 32.2. The molecule has 8 heteroatoms. The zero-order chi connectivity index (χ0) is 18.0. The predicted octanol–water partition coefficient (Wildman–Crippen LogP) is 2.69. The van der Waals surface area contributed by atoms with Crippen LogP contribution in [0, 0.1) is 0 Å². The summed E-state index contributed by atoms with van der Waals surface area (Å²) in [5.74, 6) is 0.101. The SMILES string of the molecule is COc1cccc2c1OCC(/C=C1\SC(=S)N(CCC(=O)O)C1=O)=C2. The van der Waals surface area contributed by atoms with Crippen LogP contribution in [0.4, 0.5) is 0 Å². The number of carboxylic acids is 1. The highest BCUT2D eigenvalue weighted by molar-refractivity contribution is 8.26. The number of rotatable bonds is 5. The molecule has 6 nitrogen and oxygen atoms in total. The van der Waals surface area contributed by atoms with Crippen LogP contribution >= 0.6 is 24.0 Å². The number of carbonyl (C=O) groups is 2. The molecule has 0 bridgehead atoms. The Kier molecular flexibility index (Phi) is 5.10. The van der Waals surface area contributed by atoms with Crippen molar-refractivity contribution in [1.82, 2.24) is 4.90 Å². The maximum atomic E-state index is 12.4. The zero-order valence-electron chi connectivity index (χ0n) is 13.4. The largest absolute Gasteiger partial charge is 0.493 e. The predicted molar refractivity (Wildman–Crippen MR) is 98.7 cm³/mol. The van der Waals surface area contributed by atoms with Crippen molar-refractivity contribution >= 4 is 46.3 Å². The van der Waals surface area contributed by atoms with Crippen LogP contribution < -0.4 is 9.47 Å². The maximum Gasteiger partial charge on any atom is 0.305 e. The van der Waals surface area contributed by atoms with Crippen molar-refractivity contribution in [2.75, 3.05) is 20.3 Å². The summed E-state index contributed by atoms with van der Waals surface area (Å²) in [5.41, 5.74) is 1.71. The van der Waals surface area contributed by atoms with Crippen LogP contribution in [-0.4, -0.2) is 46.5 Å².